The normalized spacial score (nSPS) is 11.0. The van der Waals surface area contributed by atoms with Crippen LogP contribution < -0.4 is 10.9 Å². The highest BCUT2D eigenvalue weighted by atomic mass is 19.1. The van der Waals surface area contributed by atoms with Gasteiger partial charge in [0.05, 0.1) is 22.0 Å². The van der Waals surface area contributed by atoms with Crippen molar-refractivity contribution >= 4 is 28.1 Å². The van der Waals surface area contributed by atoms with Gasteiger partial charge in [0, 0.05) is 17.5 Å². The van der Waals surface area contributed by atoms with Crippen LogP contribution in [0.4, 0.5) is 15.8 Å². The number of hydrogen-bond acceptors (Lipinski definition) is 5. The molecule has 0 aliphatic rings. The van der Waals surface area contributed by atoms with E-state index in [4.69, 9.17) is 0 Å². The molecule has 1 amide bonds. The van der Waals surface area contributed by atoms with E-state index in [2.05, 4.69) is 10.4 Å². The second-order valence-electron chi connectivity index (χ2n) is 6.11. The predicted octanol–water partition coefficient (Wildman–Crippen LogP) is 3.28. The number of nitro groups is 1. The molecule has 0 saturated carbocycles. The molecule has 2 aromatic carbocycles. The minimum atomic E-state index is -0.824. The van der Waals surface area contributed by atoms with Crippen molar-refractivity contribution in [2.45, 2.75) is 19.9 Å². The molecule has 1 aromatic heterocycles. The predicted molar refractivity (Wildman–Crippen MR) is 97.4 cm³/mol. The fraction of sp³-hybridized carbons (Fsp3) is 0.167. The van der Waals surface area contributed by atoms with E-state index >= 15 is 0 Å². The maximum absolute atomic E-state index is 14.0. The smallest absolute Gasteiger partial charge is 0.276 e. The Balaban J connectivity index is 2.12. The maximum Gasteiger partial charge on any atom is 0.276 e. The first-order valence-corrected chi connectivity index (χ1v) is 8.06. The fourth-order valence-corrected chi connectivity index (χ4v) is 2.63. The average molecular weight is 370 g/mol. The lowest BCUT2D eigenvalue weighted by atomic mass is 10.1. The summed E-state index contributed by atoms with van der Waals surface area (Å²) < 4.78 is 15.1. The van der Waals surface area contributed by atoms with Gasteiger partial charge in [-0.1, -0.05) is 18.2 Å². The molecule has 1 heterocycles. The third-order valence-corrected chi connectivity index (χ3v) is 3.94. The van der Waals surface area contributed by atoms with Crippen LogP contribution in [-0.2, 0) is 0 Å². The Morgan fingerprint density at radius 3 is 2.52 bits per heavy atom. The van der Waals surface area contributed by atoms with Gasteiger partial charge in [0.25, 0.3) is 17.2 Å². The van der Waals surface area contributed by atoms with Gasteiger partial charge < -0.3 is 5.32 Å². The van der Waals surface area contributed by atoms with Crippen molar-refractivity contribution in [3.8, 4) is 0 Å². The van der Waals surface area contributed by atoms with Crippen molar-refractivity contribution in [1.29, 1.82) is 0 Å². The highest BCUT2D eigenvalue weighted by molar-refractivity contribution is 6.11. The number of anilines is 1. The van der Waals surface area contributed by atoms with Crippen LogP contribution in [0.3, 0.4) is 0 Å². The Hall–Kier alpha value is -3.62. The lowest BCUT2D eigenvalue weighted by Gasteiger charge is -2.13. The van der Waals surface area contributed by atoms with Crippen LogP contribution >= 0.6 is 0 Å². The number of halogens is 1. The van der Waals surface area contributed by atoms with Gasteiger partial charge in [0.15, 0.2) is 5.69 Å². The lowest BCUT2D eigenvalue weighted by molar-refractivity contribution is -0.384. The van der Waals surface area contributed by atoms with Crippen LogP contribution in [-0.4, -0.2) is 20.6 Å². The highest BCUT2D eigenvalue weighted by Crippen LogP contribution is 2.23. The number of carbonyl (C=O) groups excluding carboxylic acids is 1. The molecule has 8 nitrogen and oxygen atoms in total. The third kappa shape index (κ3) is 3.39. The molecule has 3 aromatic rings. The van der Waals surface area contributed by atoms with Gasteiger partial charge in [-0.05, 0) is 26.0 Å². The van der Waals surface area contributed by atoms with Crippen molar-refractivity contribution < 1.29 is 14.1 Å². The van der Waals surface area contributed by atoms with Crippen molar-refractivity contribution in [3.05, 3.63) is 74.4 Å². The Bertz CT molecular complexity index is 1120. The van der Waals surface area contributed by atoms with E-state index in [1.807, 2.05) is 0 Å². The molecular weight excluding hydrogens is 355 g/mol. The molecule has 0 fully saturated rings. The van der Waals surface area contributed by atoms with E-state index in [0.29, 0.717) is 10.8 Å². The van der Waals surface area contributed by atoms with E-state index < -0.39 is 16.6 Å². The van der Waals surface area contributed by atoms with Gasteiger partial charge in [0.2, 0.25) is 0 Å². The summed E-state index contributed by atoms with van der Waals surface area (Å²) in [6.07, 6.45) is 0. The molecule has 0 atom stereocenters. The van der Waals surface area contributed by atoms with E-state index in [-0.39, 0.29) is 28.7 Å². The van der Waals surface area contributed by atoms with Gasteiger partial charge >= 0.3 is 0 Å². The number of hydrogen-bond donors (Lipinski definition) is 1. The summed E-state index contributed by atoms with van der Waals surface area (Å²) in [7, 11) is 0. The zero-order valence-corrected chi connectivity index (χ0v) is 14.5. The second-order valence-corrected chi connectivity index (χ2v) is 6.11. The number of carbonyl (C=O) groups is 1. The van der Waals surface area contributed by atoms with Gasteiger partial charge in [-0.15, -0.1) is 0 Å². The molecule has 0 radical (unpaired) electrons. The van der Waals surface area contributed by atoms with Crippen LogP contribution in [0.1, 0.15) is 30.4 Å². The molecule has 1 N–H and O–H groups in total. The summed E-state index contributed by atoms with van der Waals surface area (Å²) in [6.45, 7) is 3.48. The summed E-state index contributed by atoms with van der Waals surface area (Å²) >= 11 is 0. The van der Waals surface area contributed by atoms with Crippen molar-refractivity contribution in [1.82, 2.24) is 9.78 Å². The SMILES string of the molecule is CC(C)n1nc(C(=O)Nc2cc([N+](=O)[O-])ccc2F)c2ccccc2c1=O. The molecule has 0 saturated heterocycles. The van der Waals surface area contributed by atoms with Crippen LogP contribution in [0.25, 0.3) is 10.8 Å². The molecule has 9 heteroatoms. The number of nitrogens with zero attached hydrogens (tertiary/aromatic N) is 3. The number of rotatable bonds is 4. The first-order chi connectivity index (χ1) is 12.8. The number of nitro benzene ring substituents is 1. The summed E-state index contributed by atoms with van der Waals surface area (Å²) in [6, 6.07) is 8.96. The van der Waals surface area contributed by atoms with E-state index in [9.17, 15) is 24.1 Å². The largest absolute Gasteiger partial charge is 0.318 e. The highest BCUT2D eigenvalue weighted by Gasteiger charge is 2.20. The second kappa shape index (κ2) is 6.94. The van der Waals surface area contributed by atoms with Crippen molar-refractivity contribution in [2.75, 3.05) is 5.32 Å². The first-order valence-electron chi connectivity index (χ1n) is 8.06. The Labute approximate surface area is 152 Å². The third-order valence-electron chi connectivity index (χ3n) is 3.94. The fourth-order valence-electron chi connectivity index (χ4n) is 2.63. The topological polar surface area (TPSA) is 107 Å². The first kappa shape index (κ1) is 18.2. The molecule has 0 bridgehead atoms. The quantitative estimate of drug-likeness (QED) is 0.560. The minimum Gasteiger partial charge on any atom is -0.318 e. The van der Waals surface area contributed by atoms with Crippen molar-refractivity contribution in [3.63, 3.8) is 0 Å². The molecule has 138 valence electrons. The molecule has 0 unspecified atom stereocenters. The number of amides is 1. The summed E-state index contributed by atoms with van der Waals surface area (Å²) in [5, 5.41) is 17.9. The van der Waals surface area contributed by atoms with E-state index in [0.717, 1.165) is 18.2 Å². The van der Waals surface area contributed by atoms with Crippen LogP contribution in [0.5, 0.6) is 0 Å². The zero-order chi connectivity index (χ0) is 19.7. The Kier molecular flexibility index (Phi) is 4.68. The number of aromatic nitrogens is 2. The number of non-ortho nitro benzene ring substituents is 1. The molecule has 3 rings (SSSR count). The standard InChI is InChI=1S/C18H15FN4O4/c1-10(2)22-18(25)13-6-4-3-5-12(13)16(21-22)17(24)20-15-9-11(23(26)27)7-8-14(15)19/h3-10H,1-2H3,(H,20,24). The molecular formula is C18H15FN4O4. The van der Waals surface area contributed by atoms with Crippen LogP contribution in [0, 0.1) is 15.9 Å². The van der Waals surface area contributed by atoms with Crippen molar-refractivity contribution in [2.24, 2.45) is 0 Å². The Morgan fingerprint density at radius 2 is 1.89 bits per heavy atom. The molecule has 0 aliphatic carbocycles. The summed E-state index contributed by atoms with van der Waals surface area (Å²) in [5.41, 5.74) is -1.14. The van der Waals surface area contributed by atoms with E-state index in [1.54, 1.807) is 38.1 Å². The van der Waals surface area contributed by atoms with E-state index in [1.165, 1.54) is 4.68 Å². The van der Waals surface area contributed by atoms with Crippen LogP contribution in [0.15, 0.2) is 47.3 Å². The van der Waals surface area contributed by atoms with Gasteiger partial charge in [-0.3, -0.25) is 19.7 Å². The molecule has 27 heavy (non-hydrogen) atoms. The molecule has 0 spiro atoms. The average Bonchev–Trinajstić information content (AvgIpc) is 2.63. The number of nitrogens with one attached hydrogen (secondary N) is 1. The van der Waals surface area contributed by atoms with Gasteiger partial charge in [-0.25, -0.2) is 9.07 Å². The minimum absolute atomic E-state index is 0.0789. The number of fused-ring (bicyclic) bond motifs is 1. The molecule has 0 aliphatic heterocycles. The summed E-state index contributed by atoms with van der Waals surface area (Å²) in [4.78, 5) is 35.4. The van der Waals surface area contributed by atoms with Crippen LogP contribution in [0.2, 0.25) is 0 Å². The summed E-state index contributed by atoms with van der Waals surface area (Å²) in [5.74, 6) is -1.60. The number of benzene rings is 2. The van der Waals surface area contributed by atoms with Gasteiger partial charge in [0.1, 0.15) is 5.82 Å². The zero-order valence-electron chi connectivity index (χ0n) is 14.5. The maximum atomic E-state index is 14.0. The Morgan fingerprint density at radius 1 is 1.22 bits per heavy atom. The lowest BCUT2D eigenvalue weighted by Crippen LogP contribution is -2.29. The van der Waals surface area contributed by atoms with Gasteiger partial charge in [-0.2, -0.15) is 5.10 Å². The monoisotopic (exact) mass is 370 g/mol.